The summed E-state index contributed by atoms with van der Waals surface area (Å²) in [5.41, 5.74) is 5.47. The van der Waals surface area contributed by atoms with Gasteiger partial charge in [0.05, 0.1) is 0 Å². The zero-order valence-electron chi connectivity index (χ0n) is 10.7. The lowest BCUT2D eigenvalue weighted by Gasteiger charge is -2.31. The van der Waals surface area contributed by atoms with E-state index in [0.29, 0.717) is 18.9 Å². The lowest BCUT2D eigenvalue weighted by Crippen LogP contribution is -2.52. The minimum atomic E-state index is -0.246. The molecule has 16 heavy (non-hydrogen) atoms. The number of carbonyl (C=O) groups excluding carboxylic acids is 1. The molecule has 0 aromatic rings. The number of rotatable bonds is 7. The molecule has 0 bridgehead atoms. The third-order valence-electron chi connectivity index (χ3n) is 2.28. The first-order valence-electron chi connectivity index (χ1n) is 5.43. The maximum Gasteiger partial charge on any atom is 0.221 e. The maximum atomic E-state index is 11.6. The van der Waals surface area contributed by atoms with E-state index in [1.807, 2.05) is 13.2 Å². The van der Waals surface area contributed by atoms with Crippen molar-refractivity contribution in [2.45, 2.75) is 39.2 Å². The summed E-state index contributed by atoms with van der Waals surface area (Å²) >= 11 is 1.69. The lowest BCUT2D eigenvalue weighted by molar-refractivity contribution is -0.122. The highest BCUT2D eigenvalue weighted by Gasteiger charge is 2.25. The summed E-state index contributed by atoms with van der Waals surface area (Å²) in [5, 5.41) is 3.03. The van der Waals surface area contributed by atoms with Crippen LogP contribution in [0.4, 0.5) is 0 Å². The van der Waals surface area contributed by atoms with Crippen molar-refractivity contribution >= 4 is 30.1 Å². The first kappa shape index (κ1) is 18.4. The molecule has 0 aromatic heterocycles. The molecule has 1 atom stereocenters. The Morgan fingerprint density at radius 3 is 2.44 bits per heavy atom. The minimum absolute atomic E-state index is 0. The number of hydrogen-bond donors (Lipinski definition) is 2. The van der Waals surface area contributed by atoms with Crippen LogP contribution < -0.4 is 11.1 Å². The zero-order valence-corrected chi connectivity index (χ0v) is 12.3. The maximum absolute atomic E-state index is 11.6. The molecule has 0 radical (unpaired) electrons. The number of nitrogens with two attached hydrogens (primary N) is 1. The van der Waals surface area contributed by atoms with Crippen LogP contribution in [0.3, 0.4) is 0 Å². The molecule has 0 fully saturated rings. The molecule has 0 aromatic carbocycles. The van der Waals surface area contributed by atoms with Gasteiger partial charge in [-0.25, -0.2) is 0 Å². The number of thioether (sulfide) groups is 1. The molecule has 0 saturated heterocycles. The fourth-order valence-corrected chi connectivity index (χ4v) is 2.07. The van der Waals surface area contributed by atoms with Gasteiger partial charge in [0.2, 0.25) is 5.91 Å². The van der Waals surface area contributed by atoms with Crippen LogP contribution in [0.15, 0.2) is 0 Å². The van der Waals surface area contributed by atoms with Gasteiger partial charge in [0.25, 0.3) is 0 Å². The zero-order chi connectivity index (χ0) is 11.9. The highest BCUT2D eigenvalue weighted by Crippen LogP contribution is 2.15. The van der Waals surface area contributed by atoms with Crippen LogP contribution in [0.25, 0.3) is 0 Å². The largest absolute Gasteiger partial charge is 0.350 e. The van der Waals surface area contributed by atoms with Crippen LogP contribution in [-0.4, -0.2) is 30.0 Å². The van der Waals surface area contributed by atoms with Crippen LogP contribution in [0.5, 0.6) is 0 Å². The summed E-state index contributed by atoms with van der Waals surface area (Å²) in [7, 11) is 0. The lowest BCUT2D eigenvalue weighted by atomic mass is 9.90. The number of amides is 1. The molecular formula is C11H25ClN2OS. The Morgan fingerprint density at radius 2 is 2.06 bits per heavy atom. The molecule has 0 rings (SSSR count). The third kappa shape index (κ3) is 8.25. The van der Waals surface area contributed by atoms with Gasteiger partial charge in [0.15, 0.2) is 0 Å². The van der Waals surface area contributed by atoms with Gasteiger partial charge < -0.3 is 11.1 Å². The molecule has 3 nitrogen and oxygen atoms in total. The predicted octanol–water partition coefficient (Wildman–Crippen LogP) is 2.04. The second-order valence-corrected chi connectivity index (χ2v) is 5.64. The quantitative estimate of drug-likeness (QED) is 0.743. The van der Waals surface area contributed by atoms with Crippen molar-refractivity contribution in [1.29, 1.82) is 0 Å². The van der Waals surface area contributed by atoms with Gasteiger partial charge in [-0.2, -0.15) is 11.8 Å². The van der Waals surface area contributed by atoms with Gasteiger partial charge in [-0.15, -0.1) is 12.4 Å². The molecule has 5 heteroatoms. The van der Waals surface area contributed by atoms with E-state index in [1.54, 1.807) is 11.8 Å². The summed E-state index contributed by atoms with van der Waals surface area (Å²) in [6.07, 6.45) is 3.51. The van der Waals surface area contributed by atoms with Crippen LogP contribution in [0.2, 0.25) is 0 Å². The van der Waals surface area contributed by atoms with E-state index in [9.17, 15) is 4.79 Å². The Hall–Kier alpha value is 0.0700. The smallest absolute Gasteiger partial charge is 0.221 e. The first-order chi connectivity index (χ1) is 6.93. The number of hydrogen-bond acceptors (Lipinski definition) is 3. The highest BCUT2D eigenvalue weighted by molar-refractivity contribution is 7.98. The van der Waals surface area contributed by atoms with Gasteiger partial charge >= 0.3 is 0 Å². The second-order valence-electron chi connectivity index (χ2n) is 4.65. The van der Waals surface area contributed by atoms with E-state index in [0.717, 1.165) is 12.2 Å². The summed E-state index contributed by atoms with van der Waals surface area (Å²) in [4.78, 5) is 11.6. The molecular weight excluding hydrogens is 244 g/mol. The number of halogens is 1. The molecule has 0 spiro atoms. The van der Waals surface area contributed by atoms with Crippen LogP contribution >= 0.6 is 24.2 Å². The van der Waals surface area contributed by atoms with Gasteiger partial charge in [-0.3, -0.25) is 4.79 Å². The predicted molar refractivity (Wildman–Crippen MR) is 75.3 cm³/mol. The van der Waals surface area contributed by atoms with Gasteiger partial charge in [0.1, 0.15) is 0 Å². The molecule has 1 unspecified atom stereocenters. The second kappa shape index (κ2) is 9.14. The molecule has 0 heterocycles. The normalized spacial score (nSPS) is 14.1. The summed E-state index contributed by atoms with van der Waals surface area (Å²) in [6.45, 7) is 6.80. The number of nitrogens with one attached hydrogen (secondary N) is 1. The van der Waals surface area contributed by atoms with E-state index in [4.69, 9.17) is 5.73 Å². The van der Waals surface area contributed by atoms with Gasteiger partial charge in [-0.1, -0.05) is 13.8 Å². The van der Waals surface area contributed by atoms with Crippen molar-refractivity contribution in [3.8, 4) is 0 Å². The van der Waals surface area contributed by atoms with Crippen molar-refractivity contribution in [2.24, 2.45) is 11.7 Å². The van der Waals surface area contributed by atoms with E-state index in [1.165, 1.54) is 0 Å². The Bertz CT molecular complexity index is 202. The molecule has 98 valence electrons. The average Bonchev–Trinajstić information content (AvgIpc) is 2.13. The summed E-state index contributed by atoms with van der Waals surface area (Å²) in [5.74, 6) is 1.52. The first-order valence-corrected chi connectivity index (χ1v) is 6.83. The van der Waals surface area contributed by atoms with Crippen LogP contribution in [-0.2, 0) is 4.79 Å². The Labute approximate surface area is 110 Å². The highest BCUT2D eigenvalue weighted by atomic mass is 35.5. The van der Waals surface area contributed by atoms with Crippen LogP contribution in [0.1, 0.15) is 33.6 Å². The monoisotopic (exact) mass is 268 g/mol. The molecule has 0 aliphatic heterocycles. The Morgan fingerprint density at radius 1 is 1.50 bits per heavy atom. The van der Waals surface area contributed by atoms with Crippen molar-refractivity contribution in [2.75, 3.05) is 18.6 Å². The van der Waals surface area contributed by atoms with E-state index in [-0.39, 0.29) is 23.9 Å². The van der Waals surface area contributed by atoms with Crippen molar-refractivity contribution in [1.82, 2.24) is 5.32 Å². The van der Waals surface area contributed by atoms with E-state index in [2.05, 4.69) is 19.2 Å². The minimum Gasteiger partial charge on any atom is -0.350 e. The van der Waals surface area contributed by atoms with Gasteiger partial charge in [-0.05, 0) is 25.5 Å². The van der Waals surface area contributed by atoms with E-state index >= 15 is 0 Å². The summed E-state index contributed by atoms with van der Waals surface area (Å²) < 4.78 is 0. The van der Waals surface area contributed by atoms with Crippen LogP contribution in [0, 0.1) is 5.92 Å². The molecule has 0 aliphatic rings. The third-order valence-corrected chi connectivity index (χ3v) is 2.90. The fraction of sp³-hybridized carbons (Fsp3) is 0.909. The number of carbonyl (C=O) groups is 1. The SMILES string of the molecule is CSCCC(=O)NC(C)(CN)CC(C)C.Cl. The molecule has 1 amide bonds. The molecule has 0 saturated carbocycles. The molecule has 0 aliphatic carbocycles. The van der Waals surface area contributed by atoms with Crippen molar-refractivity contribution in [3.63, 3.8) is 0 Å². The standard InChI is InChI=1S/C11H24N2OS.ClH/c1-9(2)7-11(3,8-12)13-10(14)5-6-15-4;/h9H,5-8,12H2,1-4H3,(H,13,14);1H. The van der Waals surface area contributed by atoms with Crippen molar-refractivity contribution in [3.05, 3.63) is 0 Å². The van der Waals surface area contributed by atoms with Crippen molar-refractivity contribution < 1.29 is 4.79 Å². The van der Waals surface area contributed by atoms with Gasteiger partial charge in [0, 0.05) is 24.3 Å². The fourth-order valence-electron chi connectivity index (χ4n) is 1.68. The summed E-state index contributed by atoms with van der Waals surface area (Å²) in [6, 6.07) is 0. The Kier molecular flexibility index (Phi) is 10.5. The average molecular weight is 269 g/mol. The van der Waals surface area contributed by atoms with E-state index < -0.39 is 0 Å². The molecule has 3 N–H and O–H groups in total. The topological polar surface area (TPSA) is 55.1 Å². The Balaban J connectivity index is 0.